The second kappa shape index (κ2) is 15.2. The molecule has 0 radical (unpaired) electrons. The van der Waals surface area contributed by atoms with Crippen molar-refractivity contribution < 1.29 is 38.5 Å². The van der Waals surface area contributed by atoms with Crippen LogP contribution in [0.5, 0.6) is 0 Å². The predicted molar refractivity (Wildman–Crippen MR) is 153 cm³/mol. The smallest absolute Gasteiger partial charge is 0.395 e. The van der Waals surface area contributed by atoms with Crippen LogP contribution < -0.4 is 11.4 Å². The van der Waals surface area contributed by atoms with Gasteiger partial charge in [-0.05, 0) is 39.7 Å². The minimum absolute atomic E-state index is 0.00329. The van der Waals surface area contributed by atoms with E-state index in [-0.39, 0.29) is 29.9 Å². The number of rotatable bonds is 17. The topological polar surface area (TPSA) is 187 Å². The van der Waals surface area contributed by atoms with E-state index >= 15 is 0 Å². The molecule has 0 spiro atoms. The molecule has 5 atom stereocenters. The quantitative estimate of drug-likeness (QED) is 0.149. The molecule has 230 valence electrons. The van der Waals surface area contributed by atoms with Gasteiger partial charge in [-0.15, -0.1) is 0 Å². The van der Waals surface area contributed by atoms with Gasteiger partial charge in [0.1, 0.15) is 23.6 Å². The van der Waals surface area contributed by atoms with Crippen molar-refractivity contribution in [2.75, 3.05) is 44.4 Å². The molecule has 1 aliphatic heterocycles. The second-order valence-corrected chi connectivity index (χ2v) is 13.8. The minimum Gasteiger partial charge on any atom is -0.395 e. The highest BCUT2D eigenvalue weighted by Crippen LogP contribution is 2.53. The summed E-state index contributed by atoms with van der Waals surface area (Å²) in [6.45, 7) is 8.73. The van der Waals surface area contributed by atoms with E-state index < -0.39 is 49.5 Å². The van der Waals surface area contributed by atoms with Crippen LogP contribution in [0.1, 0.15) is 66.5 Å². The lowest BCUT2D eigenvalue weighted by atomic mass is 9.96. The molecule has 0 aromatic carbocycles. The van der Waals surface area contributed by atoms with Crippen LogP contribution in [0, 0.1) is 5.41 Å². The molecule has 13 nitrogen and oxygen atoms in total. The summed E-state index contributed by atoms with van der Waals surface area (Å²) in [4.78, 5) is 28.4. The lowest BCUT2D eigenvalue weighted by molar-refractivity contribution is -0.119. The van der Waals surface area contributed by atoms with Crippen LogP contribution in [0.3, 0.4) is 0 Å². The molecule has 1 aromatic heterocycles. The van der Waals surface area contributed by atoms with Crippen LogP contribution >= 0.6 is 19.5 Å². The van der Waals surface area contributed by atoms with Gasteiger partial charge in [0, 0.05) is 25.0 Å². The highest BCUT2D eigenvalue weighted by molar-refractivity contribution is 8.13. The van der Waals surface area contributed by atoms with Gasteiger partial charge in [-0.25, -0.2) is 14.0 Å². The number of nitrogens with zero attached hydrogens (tertiary/aromatic N) is 3. The van der Waals surface area contributed by atoms with Crippen molar-refractivity contribution in [2.45, 2.75) is 84.3 Å². The van der Waals surface area contributed by atoms with Gasteiger partial charge in [-0.3, -0.25) is 18.4 Å². The highest BCUT2D eigenvalue weighted by atomic mass is 32.2. The zero-order valence-electron chi connectivity index (χ0n) is 24.0. The van der Waals surface area contributed by atoms with E-state index in [1.54, 1.807) is 18.5 Å². The van der Waals surface area contributed by atoms with Crippen LogP contribution in [0.25, 0.3) is 0 Å². The van der Waals surface area contributed by atoms with Crippen LogP contribution in [-0.4, -0.2) is 91.1 Å². The third kappa shape index (κ3) is 8.83. The first-order valence-electron chi connectivity index (χ1n) is 13.6. The summed E-state index contributed by atoms with van der Waals surface area (Å²) in [6.07, 6.45) is 0.541. The fraction of sp³-hybridized carbons (Fsp3) is 0.800. The van der Waals surface area contributed by atoms with Gasteiger partial charge in [-0.2, -0.15) is 4.98 Å². The Morgan fingerprint density at radius 1 is 1.30 bits per heavy atom. The number of hydrogen-bond acceptors (Lipinski definition) is 12. The molecule has 2 rings (SSSR count). The van der Waals surface area contributed by atoms with Crippen molar-refractivity contribution in [3.63, 3.8) is 0 Å². The van der Waals surface area contributed by atoms with Crippen molar-refractivity contribution in [3.8, 4) is 0 Å². The summed E-state index contributed by atoms with van der Waals surface area (Å²) < 4.78 is 34.3. The Bertz CT molecular complexity index is 1060. The molecule has 5 N–H and O–H groups in total. The van der Waals surface area contributed by atoms with Crippen molar-refractivity contribution in [3.05, 3.63) is 22.7 Å². The number of thioether (sulfide) groups is 1. The SMILES string of the molecule is CCCCN(CCCC)P(=O)(OCCSC(=O)C(C)(C)CO)OC[C@H]1O[C@@H](n2ccc(N)nc2=O)C(C)(O)C1O. The number of ether oxygens (including phenoxy) is 1. The summed E-state index contributed by atoms with van der Waals surface area (Å²) in [6, 6.07) is 1.36. The number of nitrogens with two attached hydrogens (primary N) is 1. The third-order valence-corrected chi connectivity index (χ3v) is 9.93. The highest BCUT2D eigenvalue weighted by Gasteiger charge is 2.54. The first kappa shape index (κ1) is 34.8. The monoisotopic (exact) mass is 608 g/mol. The normalized spacial score (nSPS) is 24.9. The Morgan fingerprint density at radius 2 is 1.93 bits per heavy atom. The first-order chi connectivity index (χ1) is 18.7. The lowest BCUT2D eigenvalue weighted by Crippen LogP contribution is -2.46. The molecule has 0 aliphatic carbocycles. The molecule has 2 heterocycles. The summed E-state index contributed by atoms with van der Waals surface area (Å²) in [5.41, 5.74) is 1.98. The number of aromatic nitrogens is 2. The Balaban J connectivity index is 2.20. The van der Waals surface area contributed by atoms with E-state index in [2.05, 4.69) is 4.98 Å². The summed E-state index contributed by atoms with van der Waals surface area (Å²) in [5, 5.41) is 31.1. The van der Waals surface area contributed by atoms with Crippen LogP contribution in [0.15, 0.2) is 17.1 Å². The van der Waals surface area contributed by atoms with Gasteiger partial charge >= 0.3 is 13.4 Å². The number of anilines is 1. The molecule has 15 heteroatoms. The summed E-state index contributed by atoms with van der Waals surface area (Å²) in [7, 11) is -3.94. The fourth-order valence-corrected chi connectivity index (χ4v) is 6.70. The van der Waals surface area contributed by atoms with E-state index in [9.17, 15) is 29.5 Å². The Morgan fingerprint density at radius 3 is 2.48 bits per heavy atom. The molecule has 1 aromatic rings. The zero-order valence-corrected chi connectivity index (χ0v) is 25.7. The minimum atomic E-state index is -3.94. The Kier molecular flexibility index (Phi) is 13.3. The van der Waals surface area contributed by atoms with Gasteiger partial charge in [0.05, 0.1) is 25.2 Å². The maximum absolute atomic E-state index is 14.2. The van der Waals surface area contributed by atoms with E-state index in [4.69, 9.17) is 19.5 Å². The number of carbonyl (C=O) groups excluding carboxylic acids is 1. The van der Waals surface area contributed by atoms with E-state index in [0.29, 0.717) is 13.1 Å². The fourth-order valence-electron chi connectivity index (χ4n) is 3.94. The maximum Gasteiger partial charge on any atom is 0.408 e. The lowest BCUT2D eigenvalue weighted by Gasteiger charge is -2.31. The van der Waals surface area contributed by atoms with Gasteiger partial charge in [0.15, 0.2) is 11.3 Å². The molecular weight excluding hydrogens is 563 g/mol. The number of nitrogen functional groups attached to an aromatic ring is 1. The second-order valence-electron chi connectivity index (χ2n) is 10.7. The third-order valence-electron chi connectivity index (χ3n) is 6.67. The molecule has 1 saturated heterocycles. The summed E-state index contributed by atoms with van der Waals surface area (Å²) >= 11 is 0.976. The van der Waals surface area contributed by atoms with Gasteiger partial charge in [-0.1, -0.05) is 38.5 Å². The maximum atomic E-state index is 14.2. The van der Waals surface area contributed by atoms with Crippen LogP contribution in [-0.2, 0) is 23.1 Å². The molecule has 1 aliphatic rings. The average molecular weight is 609 g/mol. The van der Waals surface area contributed by atoms with Gasteiger partial charge in [0.25, 0.3) is 0 Å². The zero-order chi connectivity index (χ0) is 30.1. The van der Waals surface area contributed by atoms with Crippen LogP contribution in [0.2, 0.25) is 0 Å². The van der Waals surface area contributed by atoms with Crippen molar-refractivity contribution >= 4 is 30.4 Å². The molecule has 40 heavy (non-hydrogen) atoms. The molecule has 0 saturated carbocycles. The largest absolute Gasteiger partial charge is 0.408 e. The number of aliphatic hydroxyl groups excluding tert-OH is 2. The van der Waals surface area contributed by atoms with E-state index in [1.807, 2.05) is 13.8 Å². The molecular formula is C25H45N4O9PS. The van der Waals surface area contributed by atoms with E-state index in [1.165, 1.54) is 19.2 Å². The van der Waals surface area contributed by atoms with E-state index in [0.717, 1.165) is 42.0 Å². The predicted octanol–water partition coefficient (Wildman–Crippen LogP) is 2.16. The number of aliphatic hydroxyl groups is 3. The van der Waals surface area contributed by atoms with Gasteiger partial charge < -0.3 is 25.8 Å². The number of carbonyl (C=O) groups is 1. The average Bonchev–Trinajstić information content (AvgIpc) is 3.13. The Labute approximate surface area is 240 Å². The Hall–Kier alpha value is -1.35. The van der Waals surface area contributed by atoms with Crippen molar-refractivity contribution in [2.24, 2.45) is 5.41 Å². The molecule has 0 bridgehead atoms. The van der Waals surface area contributed by atoms with Gasteiger partial charge in [0.2, 0.25) is 0 Å². The standard InChI is InChI=1S/C25H45N4O9PS/c1-6-8-11-28(12-9-7-2)39(35,36-14-15-40-22(32)24(3,4)17-30)37-16-18-20(31)25(5,34)21(38-18)29-13-10-19(26)27-23(29)33/h10,13,18,20-21,30-31,34H,6-9,11-12,14-17H2,1-5H3,(H2,26,27,33)/t18-,20?,21-,25?,39?/m1/s1. The van der Waals surface area contributed by atoms with Crippen molar-refractivity contribution in [1.29, 1.82) is 0 Å². The van der Waals surface area contributed by atoms with Crippen LogP contribution in [0.4, 0.5) is 5.82 Å². The summed E-state index contributed by atoms with van der Waals surface area (Å²) in [5.74, 6) is 0.189. The molecule has 0 amide bonds. The van der Waals surface area contributed by atoms with Crippen molar-refractivity contribution in [1.82, 2.24) is 14.2 Å². The first-order valence-corrected chi connectivity index (χ1v) is 16.0. The molecule has 1 fully saturated rings. The number of hydrogen-bond donors (Lipinski definition) is 4. The number of unbranched alkanes of at least 4 members (excludes halogenated alkanes) is 2. The molecule has 3 unspecified atom stereocenters.